The summed E-state index contributed by atoms with van der Waals surface area (Å²) in [7, 11) is 0. The highest BCUT2D eigenvalue weighted by molar-refractivity contribution is 7.17. The molecule has 2 aromatic heterocycles. The van der Waals surface area contributed by atoms with Crippen molar-refractivity contribution in [2.24, 2.45) is 0 Å². The molecule has 1 unspecified atom stereocenters. The largest absolute Gasteiger partial charge is 0.389 e. The molecule has 0 aliphatic heterocycles. The zero-order valence-electron chi connectivity index (χ0n) is 8.18. The Kier molecular flexibility index (Phi) is 2.08. The number of hydrogen-bond acceptors (Lipinski definition) is 3. The molecular formula is C12H11NOS. The van der Waals surface area contributed by atoms with Gasteiger partial charge in [-0.3, -0.25) is 0 Å². The Morgan fingerprint density at radius 3 is 3.20 bits per heavy atom. The van der Waals surface area contributed by atoms with Gasteiger partial charge in [-0.1, -0.05) is 6.08 Å². The average molecular weight is 217 g/mol. The number of aliphatic hydroxyl groups is 1. The second-order valence-electron chi connectivity index (χ2n) is 3.80. The molecular weight excluding hydrogens is 206 g/mol. The quantitative estimate of drug-likeness (QED) is 0.796. The fourth-order valence-electron chi connectivity index (χ4n) is 2.04. The third-order valence-electron chi connectivity index (χ3n) is 2.80. The maximum absolute atomic E-state index is 9.48. The van der Waals surface area contributed by atoms with Crippen molar-refractivity contribution in [3.05, 3.63) is 35.3 Å². The molecule has 0 aromatic carbocycles. The Bertz CT molecular complexity index is 529. The molecule has 0 fully saturated rings. The Labute approximate surface area is 91.9 Å². The fraction of sp³-hybridized carbons (Fsp3) is 0.250. The molecule has 76 valence electrons. The summed E-state index contributed by atoms with van der Waals surface area (Å²) in [5, 5.41) is 12.8. The van der Waals surface area contributed by atoms with Crippen LogP contribution in [0.4, 0.5) is 0 Å². The van der Waals surface area contributed by atoms with Crippen LogP contribution >= 0.6 is 11.3 Å². The number of nitrogens with zero attached hydrogens (tertiary/aromatic N) is 1. The highest BCUT2D eigenvalue weighted by atomic mass is 32.1. The smallest absolute Gasteiger partial charge is 0.123 e. The van der Waals surface area contributed by atoms with Crippen LogP contribution in [0.1, 0.15) is 18.4 Å². The van der Waals surface area contributed by atoms with E-state index in [2.05, 4.69) is 16.4 Å². The Balaban J connectivity index is 2.15. The zero-order valence-corrected chi connectivity index (χ0v) is 9.00. The standard InChI is InChI=1S/C12H11NOS/c14-9-4-3-8(6-9)11-7-15-12-10(11)2-1-5-13-12/h1-2,5-7,9,14H,3-4H2. The summed E-state index contributed by atoms with van der Waals surface area (Å²) in [6.45, 7) is 0. The summed E-state index contributed by atoms with van der Waals surface area (Å²) in [6.07, 6.45) is 5.36. The molecule has 0 spiro atoms. The van der Waals surface area contributed by atoms with Gasteiger partial charge in [0.25, 0.3) is 0 Å². The molecule has 0 saturated carbocycles. The molecule has 0 bridgehead atoms. The van der Waals surface area contributed by atoms with Gasteiger partial charge in [0.15, 0.2) is 0 Å². The van der Waals surface area contributed by atoms with Crippen molar-refractivity contribution < 1.29 is 5.11 Å². The van der Waals surface area contributed by atoms with Crippen LogP contribution in [0.2, 0.25) is 0 Å². The Morgan fingerprint density at radius 2 is 2.40 bits per heavy atom. The molecule has 15 heavy (non-hydrogen) atoms. The van der Waals surface area contributed by atoms with Gasteiger partial charge < -0.3 is 5.11 Å². The third kappa shape index (κ3) is 1.48. The van der Waals surface area contributed by atoms with Gasteiger partial charge in [-0.15, -0.1) is 11.3 Å². The third-order valence-corrected chi connectivity index (χ3v) is 3.70. The molecule has 2 nitrogen and oxygen atoms in total. The monoisotopic (exact) mass is 217 g/mol. The van der Waals surface area contributed by atoms with Gasteiger partial charge in [0.1, 0.15) is 4.83 Å². The normalized spacial score (nSPS) is 20.9. The van der Waals surface area contributed by atoms with Crippen LogP contribution in [0, 0.1) is 0 Å². The first kappa shape index (κ1) is 9.07. The maximum atomic E-state index is 9.48. The molecule has 1 atom stereocenters. The number of aliphatic hydroxyl groups excluding tert-OH is 1. The Morgan fingerprint density at radius 1 is 1.47 bits per heavy atom. The van der Waals surface area contributed by atoms with Gasteiger partial charge in [0.2, 0.25) is 0 Å². The topological polar surface area (TPSA) is 33.1 Å². The van der Waals surface area contributed by atoms with E-state index in [-0.39, 0.29) is 6.10 Å². The van der Waals surface area contributed by atoms with Crippen molar-refractivity contribution in [3.63, 3.8) is 0 Å². The van der Waals surface area contributed by atoms with E-state index in [1.54, 1.807) is 11.3 Å². The summed E-state index contributed by atoms with van der Waals surface area (Å²) < 4.78 is 0. The number of fused-ring (bicyclic) bond motifs is 1. The van der Waals surface area contributed by atoms with Gasteiger partial charge >= 0.3 is 0 Å². The molecule has 0 saturated heterocycles. The SMILES string of the molecule is OC1C=C(c2csc3ncccc23)CC1. The first-order valence-corrected chi connectivity index (χ1v) is 5.94. The lowest BCUT2D eigenvalue weighted by Gasteiger charge is -1.98. The van der Waals surface area contributed by atoms with E-state index in [9.17, 15) is 5.11 Å². The zero-order chi connectivity index (χ0) is 10.3. The van der Waals surface area contributed by atoms with Gasteiger partial charge in [-0.2, -0.15) is 0 Å². The van der Waals surface area contributed by atoms with Crippen LogP contribution in [-0.4, -0.2) is 16.2 Å². The molecule has 0 radical (unpaired) electrons. The molecule has 1 aliphatic rings. The van der Waals surface area contributed by atoms with Crippen LogP contribution in [0.15, 0.2) is 29.8 Å². The van der Waals surface area contributed by atoms with Crippen LogP contribution in [0.25, 0.3) is 15.8 Å². The number of allylic oxidation sites excluding steroid dienone is 1. The predicted octanol–water partition coefficient (Wildman–Crippen LogP) is 2.83. The lowest BCUT2D eigenvalue weighted by atomic mass is 10.1. The van der Waals surface area contributed by atoms with Crippen LogP contribution in [-0.2, 0) is 0 Å². The predicted molar refractivity (Wildman–Crippen MR) is 62.8 cm³/mol. The van der Waals surface area contributed by atoms with Crippen molar-refractivity contribution in [1.29, 1.82) is 0 Å². The molecule has 1 N–H and O–H groups in total. The molecule has 0 amide bonds. The van der Waals surface area contributed by atoms with E-state index in [1.807, 2.05) is 18.3 Å². The highest BCUT2D eigenvalue weighted by Crippen LogP contribution is 2.35. The van der Waals surface area contributed by atoms with E-state index in [0.717, 1.165) is 17.7 Å². The van der Waals surface area contributed by atoms with E-state index >= 15 is 0 Å². The minimum Gasteiger partial charge on any atom is -0.389 e. The van der Waals surface area contributed by atoms with Gasteiger partial charge in [0.05, 0.1) is 6.10 Å². The summed E-state index contributed by atoms with van der Waals surface area (Å²) in [5.41, 5.74) is 2.52. The molecule has 3 heteroatoms. The second kappa shape index (κ2) is 3.43. The van der Waals surface area contributed by atoms with Crippen molar-refractivity contribution in [1.82, 2.24) is 4.98 Å². The van der Waals surface area contributed by atoms with Crippen molar-refractivity contribution >= 4 is 27.1 Å². The second-order valence-corrected chi connectivity index (χ2v) is 4.66. The number of rotatable bonds is 1. The van der Waals surface area contributed by atoms with Crippen molar-refractivity contribution in [2.45, 2.75) is 18.9 Å². The summed E-state index contributed by atoms with van der Waals surface area (Å²) in [6, 6.07) is 4.06. The number of hydrogen-bond donors (Lipinski definition) is 1. The lowest BCUT2D eigenvalue weighted by Crippen LogP contribution is -1.93. The van der Waals surface area contributed by atoms with Crippen molar-refractivity contribution in [2.75, 3.05) is 0 Å². The first-order valence-electron chi connectivity index (χ1n) is 5.06. The summed E-state index contributed by atoms with van der Waals surface area (Å²) in [4.78, 5) is 5.40. The van der Waals surface area contributed by atoms with Gasteiger partial charge in [-0.05, 0) is 36.1 Å². The fourth-order valence-corrected chi connectivity index (χ4v) is 2.98. The molecule has 2 heterocycles. The minimum atomic E-state index is -0.258. The maximum Gasteiger partial charge on any atom is 0.123 e. The van der Waals surface area contributed by atoms with Crippen LogP contribution in [0.3, 0.4) is 0 Å². The summed E-state index contributed by atoms with van der Waals surface area (Å²) in [5.74, 6) is 0. The minimum absolute atomic E-state index is 0.258. The van der Waals surface area contributed by atoms with Gasteiger partial charge in [0, 0.05) is 17.0 Å². The Hall–Kier alpha value is -1.19. The number of pyridine rings is 1. The molecule has 2 aromatic rings. The average Bonchev–Trinajstić information content (AvgIpc) is 2.83. The van der Waals surface area contributed by atoms with Gasteiger partial charge in [-0.25, -0.2) is 4.98 Å². The van der Waals surface area contributed by atoms with E-state index < -0.39 is 0 Å². The van der Waals surface area contributed by atoms with E-state index in [4.69, 9.17) is 0 Å². The molecule has 1 aliphatic carbocycles. The van der Waals surface area contributed by atoms with E-state index in [1.165, 1.54) is 16.5 Å². The summed E-state index contributed by atoms with van der Waals surface area (Å²) >= 11 is 1.67. The van der Waals surface area contributed by atoms with Crippen LogP contribution < -0.4 is 0 Å². The van der Waals surface area contributed by atoms with Crippen molar-refractivity contribution in [3.8, 4) is 0 Å². The number of aromatic nitrogens is 1. The highest BCUT2D eigenvalue weighted by Gasteiger charge is 2.17. The first-order chi connectivity index (χ1) is 7.34. The molecule has 3 rings (SSSR count). The van der Waals surface area contributed by atoms with E-state index in [0.29, 0.717) is 0 Å². The number of thiophene rings is 1. The lowest BCUT2D eigenvalue weighted by molar-refractivity contribution is 0.223. The van der Waals surface area contributed by atoms with Crippen LogP contribution in [0.5, 0.6) is 0 Å².